The lowest BCUT2D eigenvalue weighted by atomic mass is 10.1. The van der Waals surface area contributed by atoms with E-state index in [0.717, 1.165) is 23.7 Å². The summed E-state index contributed by atoms with van der Waals surface area (Å²) in [6, 6.07) is 11.3. The van der Waals surface area contributed by atoms with Crippen LogP contribution >= 0.6 is 11.6 Å². The molecule has 1 fully saturated rings. The lowest BCUT2D eigenvalue weighted by Gasteiger charge is -2.16. The Kier molecular flexibility index (Phi) is 8.75. The highest BCUT2D eigenvalue weighted by Crippen LogP contribution is 2.23. The molecule has 9 heteroatoms. The maximum absolute atomic E-state index is 12.0. The van der Waals surface area contributed by atoms with Gasteiger partial charge < -0.3 is 14.8 Å². The second kappa shape index (κ2) is 11.3. The highest BCUT2D eigenvalue weighted by atomic mass is 35.5. The summed E-state index contributed by atoms with van der Waals surface area (Å²) in [5.74, 6) is -1.55. The number of esters is 2. The van der Waals surface area contributed by atoms with Crippen molar-refractivity contribution in [2.45, 2.75) is 32.9 Å². The van der Waals surface area contributed by atoms with Crippen molar-refractivity contribution in [1.29, 1.82) is 0 Å². The molecule has 1 heterocycles. The number of carbonyl (C=O) groups is 4. The quantitative estimate of drug-likeness (QED) is 0.360. The van der Waals surface area contributed by atoms with E-state index in [1.54, 1.807) is 32.0 Å². The molecule has 0 aliphatic carbocycles. The number of halogens is 1. The number of hydrogen-bond acceptors (Lipinski definition) is 6. The van der Waals surface area contributed by atoms with Crippen molar-refractivity contribution < 1.29 is 28.7 Å². The summed E-state index contributed by atoms with van der Waals surface area (Å²) in [6.45, 7) is 12.0. The zero-order valence-electron chi connectivity index (χ0n) is 19.1. The second-order valence-electron chi connectivity index (χ2n) is 7.73. The third-order valence-electron chi connectivity index (χ3n) is 4.72. The van der Waals surface area contributed by atoms with Crippen LogP contribution in [0, 0.1) is 6.92 Å². The Balaban J connectivity index is 0.000000242. The molecular weight excluding hydrogens is 460 g/mol. The van der Waals surface area contributed by atoms with E-state index in [0.29, 0.717) is 5.02 Å². The molecule has 1 N–H and O–H groups in total. The molecule has 2 aromatic carbocycles. The molecule has 3 amide bonds. The number of hydrogen-bond donors (Lipinski definition) is 1. The fourth-order valence-corrected chi connectivity index (χ4v) is 3.25. The summed E-state index contributed by atoms with van der Waals surface area (Å²) in [4.78, 5) is 47.9. The van der Waals surface area contributed by atoms with Crippen LogP contribution in [0.1, 0.15) is 45.7 Å². The lowest BCUT2D eigenvalue weighted by Crippen LogP contribution is -2.40. The van der Waals surface area contributed by atoms with Crippen LogP contribution in [0.2, 0.25) is 5.02 Å². The number of nitrogens with one attached hydrogen (secondary N) is 1. The van der Waals surface area contributed by atoms with Gasteiger partial charge in [-0.3, -0.25) is 9.69 Å². The molecular formula is C25H25ClN2O6. The van der Waals surface area contributed by atoms with Gasteiger partial charge in [-0.2, -0.15) is 0 Å². The minimum absolute atomic E-state index is 0.120. The highest BCUT2D eigenvalue weighted by Gasteiger charge is 2.44. The summed E-state index contributed by atoms with van der Waals surface area (Å²) >= 11 is 6.07. The zero-order valence-corrected chi connectivity index (χ0v) is 19.8. The predicted octanol–water partition coefficient (Wildman–Crippen LogP) is 4.77. The van der Waals surface area contributed by atoms with Crippen LogP contribution < -0.4 is 5.32 Å². The van der Waals surface area contributed by atoms with E-state index < -0.39 is 17.5 Å². The van der Waals surface area contributed by atoms with E-state index in [1.807, 2.05) is 19.1 Å². The Morgan fingerprint density at radius 2 is 1.56 bits per heavy atom. The second-order valence-corrected chi connectivity index (χ2v) is 8.14. The van der Waals surface area contributed by atoms with Crippen molar-refractivity contribution in [3.05, 3.63) is 95.4 Å². The van der Waals surface area contributed by atoms with Crippen LogP contribution in [0.5, 0.6) is 0 Å². The first-order chi connectivity index (χ1) is 16.0. The van der Waals surface area contributed by atoms with Crippen LogP contribution in [0.4, 0.5) is 4.79 Å². The van der Waals surface area contributed by atoms with Gasteiger partial charge in [0.05, 0.1) is 30.2 Å². The Hall–Kier alpha value is -3.91. The Labute approximate surface area is 202 Å². The molecule has 0 bridgehead atoms. The van der Waals surface area contributed by atoms with Crippen LogP contribution in [-0.4, -0.2) is 34.3 Å². The first-order valence-corrected chi connectivity index (χ1v) is 10.5. The molecule has 34 heavy (non-hydrogen) atoms. The van der Waals surface area contributed by atoms with Crippen molar-refractivity contribution in [3.63, 3.8) is 0 Å². The number of benzene rings is 2. The maximum Gasteiger partial charge on any atom is 0.343 e. The van der Waals surface area contributed by atoms with Gasteiger partial charge in [0.25, 0.3) is 5.91 Å². The number of carbonyl (C=O) groups excluding carboxylic acids is 4. The van der Waals surface area contributed by atoms with E-state index in [4.69, 9.17) is 11.6 Å². The summed E-state index contributed by atoms with van der Waals surface area (Å²) < 4.78 is 9.18. The Morgan fingerprint density at radius 3 is 2.00 bits per heavy atom. The van der Waals surface area contributed by atoms with Crippen LogP contribution in [0.3, 0.4) is 0 Å². The predicted molar refractivity (Wildman–Crippen MR) is 127 cm³/mol. The normalized spacial score (nSPS) is 13.8. The van der Waals surface area contributed by atoms with Crippen LogP contribution in [-0.2, 0) is 20.8 Å². The SMILES string of the molecule is C=COC(=O)c1ccccc1C(=O)OC=C.Cc1ccc(Cl)c(CN2C(=O)NC(C)(C)C2=O)c1. The number of nitrogens with zero attached hydrogens (tertiary/aromatic N) is 1. The molecule has 0 radical (unpaired) electrons. The number of urea groups is 1. The molecule has 1 aliphatic heterocycles. The molecule has 0 aromatic heterocycles. The minimum Gasteiger partial charge on any atom is -0.432 e. The fraction of sp³-hybridized carbons (Fsp3) is 0.200. The van der Waals surface area contributed by atoms with Crippen LogP contribution in [0.25, 0.3) is 0 Å². The maximum atomic E-state index is 12.0. The topological polar surface area (TPSA) is 102 Å². The van der Waals surface area contributed by atoms with Crippen molar-refractivity contribution in [2.24, 2.45) is 0 Å². The largest absolute Gasteiger partial charge is 0.432 e. The summed E-state index contributed by atoms with van der Waals surface area (Å²) in [5.41, 5.74) is 1.22. The Morgan fingerprint density at radius 1 is 1.03 bits per heavy atom. The fourth-order valence-electron chi connectivity index (χ4n) is 3.07. The van der Waals surface area contributed by atoms with Crippen molar-refractivity contribution in [3.8, 4) is 0 Å². The van der Waals surface area contributed by atoms with Crippen molar-refractivity contribution in [2.75, 3.05) is 0 Å². The number of ether oxygens (including phenoxy) is 2. The number of imide groups is 1. The average molecular weight is 485 g/mol. The molecule has 0 atom stereocenters. The van der Waals surface area contributed by atoms with Crippen LogP contribution in [0.15, 0.2) is 68.1 Å². The van der Waals surface area contributed by atoms with E-state index in [-0.39, 0.29) is 29.6 Å². The van der Waals surface area contributed by atoms with Gasteiger partial charge in [0, 0.05) is 5.02 Å². The van der Waals surface area contributed by atoms with Gasteiger partial charge in [0.2, 0.25) is 0 Å². The minimum atomic E-state index is -0.840. The third kappa shape index (κ3) is 6.32. The smallest absolute Gasteiger partial charge is 0.343 e. The van der Waals surface area contributed by atoms with Gasteiger partial charge in [-0.15, -0.1) is 0 Å². The average Bonchev–Trinajstić information content (AvgIpc) is 2.98. The lowest BCUT2D eigenvalue weighted by molar-refractivity contribution is -0.130. The number of rotatable bonds is 6. The van der Waals surface area contributed by atoms with E-state index in [2.05, 4.69) is 27.9 Å². The molecule has 1 aliphatic rings. The molecule has 2 aromatic rings. The van der Waals surface area contributed by atoms with Crippen molar-refractivity contribution >= 4 is 35.5 Å². The third-order valence-corrected chi connectivity index (χ3v) is 5.09. The molecule has 0 spiro atoms. The first-order valence-electron chi connectivity index (χ1n) is 10.1. The highest BCUT2D eigenvalue weighted by molar-refractivity contribution is 6.31. The number of aryl methyl sites for hydroxylation is 1. The monoisotopic (exact) mass is 484 g/mol. The van der Waals surface area contributed by atoms with E-state index >= 15 is 0 Å². The summed E-state index contributed by atoms with van der Waals surface area (Å²) in [5, 5.41) is 3.20. The zero-order chi connectivity index (χ0) is 25.5. The van der Waals surface area contributed by atoms with Crippen molar-refractivity contribution in [1.82, 2.24) is 10.2 Å². The molecule has 178 valence electrons. The summed E-state index contributed by atoms with van der Waals surface area (Å²) in [6.07, 6.45) is 2.00. The first kappa shape index (κ1) is 26.3. The molecule has 1 saturated heterocycles. The molecule has 3 rings (SSSR count). The molecule has 0 unspecified atom stereocenters. The number of amides is 3. The molecule has 0 saturated carbocycles. The Bertz CT molecular complexity index is 1100. The van der Waals surface area contributed by atoms with Gasteiger partial charge in [0.15, 0.2) is 0 Å². The standard InChI is InChI=1S/C13H15ClN2O2.C12H10O4/c1-8-4-5-10(14)9(6-8)7-16-11(17)13(2,3)15-12(16)18;1-3-15-11(13)9-7-5-6-8-10(9)12(14)16-4-2/h4-6H,7H2,1-3H3,(H,15,18);3-8H,1-2H2. The van der Waals surface area contributed by atoms with E-state index in [9.17, 15) is 19.2 Å². The van der Waals surface area contributed by atoms with E-state index in [1.165, 1.54) is 17.0 Å². The van der Waals surface area contributed by atoms with Gasteiger partial charge in [0.1, 0.15) is 5.54 Å². The van der Waals surface area contributed by atoms with Gasteiger partial charge in [-0.1, -0.05) is 54.6 Å². The van der Waals surface area contributed by atoms with Gasteiger partial charge >= 0.3 is 18.0 Å². The van der Waals surface area contributed by atoms with Gasteiger partial charge in [-0.25, -0.2) is 14.4 Å². The van der Waals surface area contributed by atoms with Gasteiger partial charge in [-0.05, 0) is 44.5 Å². The summed E-state index contributed by atoms with van der Waals surface area (Å²) in [7, 11) is 0. The molecule has 8 nitrogen and oxygen atoms in total.